The van der Waals surface area contributed by atoms with Gasteiger partial charge in [-0.3, -0.25) is 0 Å². The average Bonchev–Trinajstić information content (AvgIpc) is 3.43. The van der Waals surface area contributed by atoms with E-state index in [1.54, 1.807) is 48.5 Å². The van der Waals surface area contributed by atoms with Gasteiger partial charge in [0, 0.05) is 40.5 Å². The largest absolute Gasteiger partial charge is 0.508 e. The zero-order valence-corrected chi connectivity index (χ0v) is 25.9. The van der Waals surface area contributed by atoms with Crippen LogP contribution in [0.4, 0.5) is 0 Å². The minimum atomic E-state index is -1.48. The molecule has 8 nitrogen and oxygen atoms in total. The van der Waals surface area contributed by atoms with E-state index in [2.05, 4.69) is 13.0 Å². The van der Waals surface area contributed by atoms with Gasteiger partial charge in [-0.25, -0.2) is 0 Å². The lowest BCUT2D eigenvalue weighted by Gasteiger charge is -2.55. The molecule has 0 amide bonds. The minimum Gasteiger partial charge on any atom is -0.508 e. The number of phenolic OH excluding ortho intramolecular Hbond substituents is 4. The van der Waals surface area contributed by atoms with Crippen LogP contribution in [0, 0.1) is 5.92 Å². The number of hydrogen-bond donors (Lipinski definition) is 4. The molecule has 47 heavy (non-hydrogen) atoms. The summed E-state index contributed by atoms with van der Waals surface area (Å²) in [5.74, 6) is -0.115. The second-order valence-electron chi connectivity index (χ2n) is 13.6. The smallest absolute Gasteiger partial charge is 0.285 e. The topological polar surface area (TPSA) is 122 Å². The average molecular weight is 629 g/mol. The maximum atomic E-state index is 11.8. The van der Waals surface area contributed by atoms with Crippen molar-refractivity contribution in [3.05, 3.63) is 107 Å². The molecule has 4 atom stereocenters. The van der Waals surface area contributed by atoms with Crippen LogP contribution in [-0.4, -0.2) is 26.0 Å². The normalized spacial score (nSPS) is 24.5. The van der Waals surface area contributed by atoms with E-state index in [1.165, 1.54) is 0 Å². The Balaban J connectivity index is 1.32. The summed E-state index contributed by atoms with van der Waals surface area (Å²) in [6.07, 6.45) is 6.67. The van der Waals surface area contributed by atoms with Crippen molar-refractivity contribution in [3.63, 3.8) is 0 Å². The molecule has 0 fully saturated rings. The van der Waals surface area contributed by atoms with Crippen molar-refractivity contribution in [2.45, 2.75) is 50.4 Å². The summed E-state index contributed by atoms with van der Waals surface area (Å²) in [6.45, 7) is 5.98. The summed E-state index contributed by atoms with van der Waals surface area (Å²) in [4.78, 5) is 0. The SMILES string of the molecule is CC1=C[C@@H]2c3c(O)cc(-c4cc5ccc(O)cc5o4)cc3O[C@]3(c4ccc(O)c5c4OC(C)(C)C=C5)Oc4cc(O)ccc4[C@H](C1)[C@@H]23. The number of benzene rings is 4. The van der Waals surface area contributed by atoms with Crippen molar-refractivity contribution in [2.24, 2.45) is 5.92 Å². The van der Waals surface area contributed by atoms with E-state index < -0.39 is 11.4 Å². The van der Waals surface area contributed by atoms with Crippen LogP contribution >= 0.6 is 0 Å². The number of hydrogen-bond acceptors (Lipinski definition) is 8. The molecule has 0 saturated carbocycles. The van der Waals surface area contributed by atoms with E-state index in [1.807, 2.05) is 44.2 Å². The van der Waals surface area contributed by atoms with Crippen molar-refractivity contribution < 1.29 is 39.1 Å². The van der Waals surface area contributed by atoms with Crippen molar-refractivity contribution in [2.75, 3.05) is 0 Å². The number of furan rings is 1. The standard InChI is InChI=1S/C39H32O8/c1-19-12-26-24-7-6-23(41)18-33(24)45-39(28-8-9-29(42)25-10-11-38(2,3)47-37(25)28)36(26)27(13-19)35-30(43)14-21(16-34(35)46-39)31-15-20-4-5-22(40)17-32(20)44-31/h4-11,13-18,26-27,36,40-43H,12H2,1-3H3/t26-,27+,36-,39-/m0/s1. The van der Waals surface area contributed by atoms with Crippen LogP contribution in [-0.2, 0) is 5.79 Å². The van der Waals surface area contributed by atoms with E-state index in [0.29, 0.717) is 50.8 Å². The second kappa shape index (κ2) is 9.28. The Bertz CT molecular complexity index is 2220. The summed E-state index contributed by atoms with van der Waals surface area (Å²) >= 11 is 0. The molecule has 0 radical (unpaired) electrons. The van der Waals surface area contributed by atoms with Crippen molar-refractivity contribution in [3.8, 4) is 51.6 Å². The second-order valence-corrected chi connectivity index (χ2v) is 13.6. The van der Waals surface area contributed by atoms with Crippen LogP contribution in [0.15, 0.2) is 88.9 Å². The van der Waals surface area contributed by atoms with E-state index in [-0.39, 0.29) is 40.8 Å². The maximum absolute atomic E-state index is 11.8. The molecule has 0 unspecified atom stereocenters. The number of ether oxygens (including phenoxy) is 3. The lowest BCUT2D eigenvalue weighted by molar-refractivity contribution is -0.198. The molecular formula is C39H32O8. The molecular weight excluding hydrogens is 596 g/mol. The van der Waals surface area contributed by atoms with E-state index in [9.17, 15) is 20.4 Å². The highest BCUT2D eigenvalue weighted by Crippen LogP contribution is 2.66. The maximum Gasteiger partial charge on any atom is 0.285 e. The van der Waals surface area contributed by atoms with Gasteiger partial charge in [0.2, 0.25) is 0 Å². The zero-order valence-electron chi connectivity index (χ0n) is 25.9. The van der Waals surface area contributed by atoms with Gasteiger partial charge in [0.15, 0.2) is 0 Å². The monoisotopic (exact) mass is 628 g/mol. The van der Waals surface area contributed by atoms with Gasteiger partial charge >= 0.3 is 0 Å². The zero-order chi connectivity index (χ0) is 32.4. The van der Waals surface area contributed by atoms with Gasteiger partial charge in [0.25, 0.3) is 5.79 Å². The third-order valence-electron chi connectivity index (χ3n) is 9.99. The first-order valence-corrected chi connectivity index (χ1v) is 15.7. The molecule has 236 valence electrons. The highest BCUT2D eigenvalue weighted by atomic mass is 16.7. The third-order valence-corrected chi connectivity index (χ3v) is 9.99. The number of aromatic hydroxyl groups is 4. The molecule has 0 saturated heterocycles. The predicted molar refractivity (Wildman–Crippen MR) is 175 cm³/mol. The van der Waals surface area contributed by atoms with Gasteiger partial charge < -0.3 is 39.1 Å². The number of allylic oxidation sites excluding steroid dienone is 2. The molecule has 5 aromatic rings. The van der Waals surface area contributed by atoms with Gasteiger partial charge in [0.05, 0.1) is 17.0 Å². The highest BCUT2D eigenvalue weighted by Gasteiger charge is 2.62. The molecule has 9 rings (SSSR count). The Morgan fingerprint density at radius 1 is 0.787 bits per heavy atom. The first-order chi connectivity index (χ1) is 22.5. The fraction of sp³-hybridized carbons (Fsp3) is 0.231. The highest BCUT2D eigenvalue weighted by molar-refractivity contribution is 5.84. The quantitative estimate of drug-likeness (QED) is 0.144. The van der Waals surface area contributed by atoms with E-state index in [4.69, 9.17) is 18.6 Å². The number of phenols is 4. The Kier molecular flexibility index (Phi) is 5.49. The van der Waals surface area contributed by atoms with Gasteiger partial charge in [0.1, 0.15) is 57.2 Å². The Labute approximate surface area is 270 Å². The van der Waals surface area contributed by atoms with Gasteiger partial charge in [-0.05, 0) is 93.4 Å². The van der Waals surface area contributed by atoms with E-state index >= 15 is 0 Å². The third kappa shape index (κ3) is 4.00. The molecule has 4 aliphatic rings. The molecule has 0 spiro atoms. The first-order valence-electron chi connectivity index (χ1n) is 15.7. The fourth-order valence-corrected chi connectivity index (χ4v) is 8.01. The molecule has 1 aliphatic carbocycles. The van der Waals surface area contributed by atoms with Crippen molar-refractivity contribution in [1.29, 1.82) is 0 Å². The molecule has 8 heteroatoms. The van der Waals surface area contributed by atoms with Crippen LogP contribution in [0.2, 0.25) is 0 Å². The molecule has 0 bridgehead atoms. The predicted octanol–water partition coefficient (Wildman–Crippen LogP) is 8.58. The van der Waals surface area contributed by atoms with Crippen LogP contribution < -0.4 is 14.2 Å². The molecule has 4 N–H and O–H groups in total. The minimum absolute atomic E-state index is 0.0636. The summed E-state index contributed by atoms with van der Waals surface area (Å²) < 4.78 is 26.8. The summed E-state index contributed by atoms with van der Waals surface area (Å²) in [6, 6.07) is 18.9. The van der Waals surface area contributed by atoms with Crippen molar-refractivity contribution >= 4 is 17.0 Å². The van der Waals surface area contributed by atoms with E-state index in [0.717, 1.165) is 22.9 Å². The van der Waals surface area contributed by atoms with Crippen LogP contribution in [0.1, 0.15) is 61.3 Å². The lowest BCUT2D eigenvalue weighted by Crippen LogP contribution is -2.56. The number of fused-ring (bicyclic) bond motifs is 6. The number of rotatable bonds is 2. The Morgan fingerprint density at radius 3 is 2.43 bits per heavy atom. The Hall–Kier alpha value is -5.50. The van der Waals surface area contributed by atoms with Gasteiger partial charge in [-0.15, -0.1) is 0 Å². The van der Waals surface area contributed by atoms with Crippen LogP contribution in [0.25, 0.3) is 28.4 Å². The molecule has 4 heterocycles. The molecule has 1 aromatic heterocycles. The van der Waals surface area contributed by atoms with Gasteiger partial charge in [-0.2, -0.15) is 0 Å². The summed E-state index contributed by atoms with van der Waals surface area (Å²) in [7, 11) is 0. The summed E-state index contributed by atoms with van der Waals surface area (Å²) in [5.41, 5.74) is 4.29. The van der Waals surface area contributed by atoms with Crippen LogP contribution in [0.5, 0.6) is 40.2 Å². The molecule has 3 aliphatic heterocycles. The first kappa shape index (κ1) is 27.8. The van der Waals surface area contributed by atoms with Gasteiger partial charge in [-0.1, -0.05) is 17.7 Å². The van der Waals surface area contributed by atoms with Crippen molar-refractivity contribution in [1.82, 2.24) is 0 Å². The van der Waals surface area contributed by atoms with Crippen LogP contribution in [0.3, 0.4) is 0 Å². The fourth-order valence-electron chi connectivity index (χ4n) is 8.01. The molecule has 4 aromatic carbocycles. The Morgan fingerprint density at radius 2 is 1.57 bits per heavy atom. The summed E-state index contributed by atoms with van der Waals surface area (Å²) in [5, 5.41) is 44.1. The lowest BCUT2D eigenvalue weighted by atomic mass is 9.61.